The van der Waals surface area contributed by atoms with Crippen LogP contribution in [0.25, 0.3) is 0 Å². The Morgan fingerprint density at radius 2 is 2.33 bits per heavy atom. The normalized spacial score (nSPS) is 31.4. The van der Waals surface area contributed by atoms with Crippen molar-refractivity contribution < 1.29 is 8.95 Å². The van der Waals surface area contributed by atoms with Crippen molar-refractivity contribution in [2.45, 2.75) is 32.8 Å². The first kappa shape index (κ1) is 10.5. The molecule has 0 aromatic rings. The molecule has 0 saturated carbocycles. The third-order valence-electron chi connectivity index (χ3n) is 2.17. The van der Waals surface area contributed by atoms with Crippen LogP contribution in [-0.4, -0.2) is 22.7 Å². The second-order valence-corrected chi connectivity index (χ2v) is 6.04. The maximum absolute atomic E-state index is 10.7. The van der Waals surface area contributed by atoms with Crippen molar-refractivity contribution in [2.24, 2.45) is 5.41 Å². The highest BCUT2D eigenvalue weighted by molar-refractivity contribution is 8.08. The lowest BCUT2D eigenvalue weighted by Gasteiger charge is -2.33. The van der Waals surface area contributed by atoms with E-state index in [1.165, 1.54) is 0 Å². The molecule has 0 aromatic heterocycles. The highest BCUT2D eigenvalue weighted by atomic mass is 35.7. The Morgan fingerprint density at radius 3 is 2.75 bits per heavy atom. The Bertz CT molecular complexity index is 172. The van der Waals surface area contributed by atoms with E-state index in [1.54, 1.807) is 0 Å². The first-order valence-electron chi connectivity index (χ1n) is 4.16. The Labute approximate surface area is 80.6 Å². The van der Waals surface area contributed by atoms with Crippen molar-refractivity contribution in [3.8, 4) is 0 Å². The third-order valence-corrected chi connectivity index (χ3v) is 3.18. The van der Waals surface area contributed by atoms with Crippen LogP contribution < -0.4 is 0 Å². The van der Waals surface area contributed by atoms with E-state index in [0.29, 0.717) is 5.75 Å². The maximum Gasteiger partial charge on any atom is 0.117 e. The van der Waals surface area contributed by atoms with E-state index >= 15 is 0 Å². The minimum Gasteiger partial charge on any atom is -0.377 e. The molecule has 1 heterocycles. The van der Waals surface area contributed by atoms with E-state index in [9.17, 15) is 4.21 Å². The smallest absolute Gasteiger partial charge is 0.117 e. The molecule has 72 valence electrons. The molecule has 1 aliphatic rings. The van der Waals surface area contributed by atoms with Gasteiger partial charge in [-0.15, -0.1) is 0 Å². The van der Waals surface area contributed by atoms with Gasteiger partial charge >= 0.3 is 0 Å². The molecule has 12 heavy (non-hydrogen) atoms. The molecular weight excluding hydrogens is 196 g/mol. The Kier molecular flexibility index (Phi) is 3.56. The van der Waals surface area contributed by atoms with Gasteiger partial charge < -0.3 is 4.74 Å². The summed E-state index contributed by atoms with van der Waals surface area (Å²) in [4.78, 5) is 0. The van der Waals surface area contributed by atoms with Crippen LogP contribution in [0.15, 0.2) is 0 Å². The van der Waals surface area contributed by atoms with Gasteiger partial charge in [-0.1, -0.05) is 13.8 Å². The second kappa shape index (κ2) is 4.07. The molecule has 4 heteroatoms. The van der Waals surface area contributed by atoms with Gasteiger partial charge in [0, 0.05) is 0 Å². The number of halogens is 1. The third kappa shape index (κ3) is 3.42. The van der Waals surface area contributed by atoms with Crippen LogP contribution >= 0.6 is 10.7 Å². The molecule has 2 unspecified atom stereocenters. The van der Waals surface area contributed by atoms with E-state index < -0.39 is 10.0 Å². The average molecular weight is 211 g/mol. The Hall–Kier alpha value is 0.400. The lowest BCUT2D eigenvalue weighted by Crippen LogP contribution is -2.33. The van der Waals surface area contributed by atoms with Crippen LogP contribution in [-0.2, 0) is 14.7 Å². The molecule has 1 aliphatic heterocycles. The standard InChI is InChI=1S/C8H15ClO2S/c1-8(2)4-3-7(11-6-8)5-12(9)10/h7H,3-6H2,1-2H3. The zero-order valence-electron chi connectivity index (χ0n) is 7.51. The minimum atomic E-state index is -1.24. The minimum absolute atomic E-state index is 0.108. The summed E-state index contributed by atoms with van der Waals surface area (Å²) in [6, 6.07) is 0. The summed E-state index contributed by atoms with van der Waals surface area (Å²) < 4.78 is 16.2. The molecule has 0 aliphatic carbocycles. The van der Waals surface area contributed by atoms with E-state index in [4.69, 9.17) is 15.4 Å². The quantitative estimate of drug-likeness (QED) is 0.653. The first-order chi connectivity index (χ1) is 5.49. The van der Waals surface area contributed by atoms with Crippen LogP contribution in [0.1, 0.15) is 26.7 Å². The number of hydrogen-bond acceptors (Lipinski definition) is 2. The van der Waals surface area contributed by atoms with Gasteiger partial charge in [-0.05, 0) is 28.9 Å². The van der Waals surface area contributed by atoms with E-state index in [0.717, 1.165) is 19.4 Å². The molecule has 2 nitrogen and oxygen atoms in total. The van der Waals surface area contributed by atoms with Gasteiger partial charge in [0.05, 0.1) is 18.5 Å². The van der Waals surface area contributed by atoms with Gasteiger partial charge in [0.1, 0.15) is 10.0 Å². The summed E-state index contributed by atoms with van der Waals surface area (Å²) in [5.41, 5.74) is 0.282. The Balaban J connectivity index is 2.31. The topological polar surface area (TPSA) is 26.3 Å². The highest BCUT2D eigenvalue weighted by Gasteiger charge is 2.28. The molecule has 0 spiro atoms. The van der Waals surface area contributed by atoms with Crippen molar-refractivity contribution in [1.29, 1.82) is 0 Å². The molecule has 0 amide bonds. The summed E-state index contributed by atoms with van der Waals surface area (Å²) in [5.74, 6) is 0.470. The number of hydrogen-bond donors (Lipinski definition) is 0. The van der Waals surface area contributed by atoms with Crippen molar-refractivity contribution >= 4 is 20.7 Å². The van der Waals surface area contributed by atoms with Crippen LogP contribution in [0.5, 0.6) is 0 Å². The van der Waals surface area contributed by atoms with Crippen molar-refractivity contribution in [1.82, 2.24) is 0 Å². The monoisotopic (exact) mass is 210 g/mol. The summed E-state index contributed by atoms with van der Waals surface area (Å²) in [6.45, 7) is 5.12. The van der Waals surface area contributed by atoms with E-state index in [1.807, 2.05) is 0 Å². The summed E-state index contributed by atoms with van der Waals surface area (Å²) in [5, 5.41) is 0. The van der Waals surface area contributed by atoms with E-state index in [-0.39, 0.29) is 11.5 Å². The van der Waals surface area contributed by atoms with Crippen LogP contribution in [0.3, 0.4) is 0 Å². The molecule has 0 aromatic carbocycles. The fourth-order valence-corrected chi connectivity index (χ4v) is 2.31. The molecule has 1 rings (SSSR count). The van der Waals surface area contributed by atoms with Gasteiger partial charge in [-0.25, -0.2) is 4.21 Å². The second-order valence-electron chi connectivity index (χ2n) is 4.09. The fourth-order valence-electron chi connectivity index (χ4n) is 1.33. The van der Waals surface area contributed by atoms with Crippen LogP contribution in [0.2, 0.25) is 0 Å². The first-order valence-corrected chi connectivity index (χ1v) is 6.30. The SMILES string of the molecule is CC1(C)CCC(CS(=O)Cl)OC1. The number of ether oxygens (including phenoxy) is 1. The maximum atomic E-state index is 10.7. The van der Waals surface area contributed by atoms with Crippen molar-refractivity contribution in [3.63, 3.8) is 0 Å². The van der Waals surface area contributed by atoms with Gasteiger partial charge in [0.2, 0.25) is 0 Å². The average Bonchev–Trinajstić information content (AvgIpc) is 1.93. The van der Waals surface area contributed by atoms with Crippen LogP contribution in [0.4, 0.5) is 0 Å². The molecular formula is C8H15ClO2S. The number of rotatable bonds is 2. The van der Waals surface area contributed by atoms with Gasteiger partial charge in [-0.3, -0.25) is 0 Å². The molecule has 1 fully saturated rings. The van der Waals surface area contributed by atoms with E-state index in [2.05, 4.69) is 13.8 Å². The molecule has 0 N–H and O–H groups in total. The van der Waals surface area contributed by atoms with Gasteiger partial charge in [0.25, 0.3) is 0 Å². The van der Waals surface area contributed by atoms with Crippen molar-refractivity contribution in [2.75, 3.05) is 12.4 Å². The Morgan fingerprint density at radius 1 is 1.67 bits per heavy atom. The fraction of sp³-hybridized carbons (Fsp3) is 1.00. The molecule has 2 atom stereocenters. The van der Waals surface area contributed by atoms with Crippen molar-refractivity contribution in [3.05, 3.63) is 0 Å². The predicted octanol–water partition coefficient (Wildman–Crippen LogP) is 2.09. The summed E-state index contributed by atoms with van der Waals surface area (Å²) in [6.07, 6.45) is 2.22. The van der Waals surface area contributed by atoms with Crippen LogP contribution in [0, 0.1) is 5.41 Å². The summed E-state index contributed by atoms with van der Waals surface area (Å²) >= 11 is 0. The lowest BCUT2D eigenvalue weighted by molar-refractivity contribution is -0.0366. The largest absolute Gasteiger partial charge is 0.377 e. The van der Waals surface area contributed by atoms with Gasteiger partial charge in [-0.2, -0.15) is 0 Å². The predicted molar refractivity (Wildman–Crippen MR) is 51.6 cm³/mol. The van der Waals surface area contributed by atoms with Gasteiger partial charge in [0.15, 0.2) is 0 Å². The zero-order valence-corrected chi connectivity index (χ0v) is 9.08. The summed E-state index contributed by atoms with van der Waals surface area (Å²) in [7, 11) is 4.13. The molecule has 1 saturated heterocycles. The zero-order chi connectivity index (χ0) is 9.19. The lowest BCUT2D eigenvalue weighted by atomic mass is 9.86. The molecule has 0 bridgehead atoms. The molecule has 0 radical (unpaired) electrons. The highest BCUT2D eigenvalue weighted by Crippen LogP contribution is 2.30.